The average Bonchev–Trinajstić information content (AvgIpc) is 2.26. The largest absolute Gasteiger partial charge is 0.481 e. The lowest BCUT2D eigenvalue weighted by molar-refractivity contribution is -0.137. The maximum atomic E-state index is 11.5. The van der Waals surface area contributed by atoms with Crippen molar-refractivity contribution in [1.29, 1.82) is 0 Å². The summed E-state index contributed by atoms with van der Waals surface area (Å²) in [5.41, 5.74) is 5.74. The molecular formula is C13H26N2O3. The molecule has 0 aromatic heterocycles. The van der Waals surface area contributed by atoms with Gasteiger partial charge in [-0.3, -0.25) is 9.59 Å². The Balaban J connectivity index is 3.43. The quantitative estimate of drug-likeness (QED) is 0.518. The highest BCUT2D eigenvalue weighted by Gasteiger charge is 2.13. The second kappa shape index (κ2) is 9.88. The maximum absolute atomic E-state index is 11.5. The van der Waals surface area contributed by atoms with Crippen molar-refractivity contribution in [2.24, 2.45) is 11.7 Å². The number of rotatable bonds is 10. The van der Waals surface area contributed by atoms with Crippen molar-refractivity contribution >= 4 is 11.9 Å². The van der Waals surface area contributed by atoms with Crippen molar-refractivity contribution < 1.29 is 14.7 Å². The van der Waals surface area contributed by atoms with Crippen LogP contribution in [0.1, 0.15) is 52.4 Å². The van der Waals surface area contributed by atoms with Crippen molar-refractivity contribution in [2.45, 2.75) is 58.4 Å². The third kappa shape index (κ3) is 10.1. The van der Waals surface area contributed by atoms with Crippen LogP contribution in [-0.2, 0) is 9.59 Å². The number of nitrogens with one attached hydrogen (secondary N) is 1. The molecule has 106 valence electrons. The number of unbranched alkanes of at least 4 members (excludes halogenated alkanes) is 3. The highest BCUT2D eigenvalue weighted by molar-refractivity contribution is 5.81. The van der Waals surface area contributed by atoms with Crippen molar-refractivity contribution in [3.8, 4) is 0 Å². The van der Waals surface area contributed by atoms with E-state index >= 15 is 0 Å². The van der Waals surface area contributed by atoms with Gasteiger partial charge in [-0.2, -0.15) is 0 Å². The van der Waals surface area contributed by atoms with E-state index in [9.17, 15) is 9.59 Å². The first-order chi connectivity index (χ1) is 8.43. The lowest BCUT2D eigenvalue weighted by atomic mass is 10.0. The highest BCUT2D eigenvalue weighted by Crippen LogP contribution is 2.04. The number of carboxylic acid groups (broad SMARTS) is 1. The molecule has 0 aliphatic carbocycles. The Morgan fingerprint density at radius 2 is 1.78 bits per heavy atom. The summed E-state index contributed by atoms with van der Waals surface area (Å²) in [6.07, 6.45) is 4.33. The number of carbonyl (C=O) groups excluding carboxylic acids is 1. The summed E-state index contributed by atoms with van der Waals surface area (Å²) in [5.74, 6) is -0.418. The molecule has 0 heterocycles. The van der Waals surface area contributed by atoms with E-state index in [0.717, 1.165) is 19.3 Å². The van der Waals surface area contributed by atoms with Gasteiger partial charge in [0.05, 0.1) is 6.04 Å². The maximum Gasteiger partial charge on any atom is 0.303 e. The fraction of sp³-hybridized carbons (Fsp3) is 0.846. The van der Waals surface area contributed by atoms with E-state index in [1.807, 2.05) is 13.8 Å². The van der Waals surface area contributed by atoms with Crippen LogP contribution in [0.3, 0.4) is 0 Å². The van der Waals surface area contributed by atoms with E-state index in [0.29, 0.717) is 25.3 Å². The summed E-state index contributed by atoms with van der Waals surface area (Å²) in [5, 5.41) is 11.3. The molecule has 1 unspecified atom stereocenters. The molecule has 1 atom stereocenters. The first kappa shape index (κ1) is 16.9. The van der Waals surface area contributed by atoms with E-state index in [4.69, 9.17) is 10.8 Å². The molecule has 0 bridgehead atoms. The molecule has 5 nitrogen and oxygen atoms in total. The molecule has 5 heteroatoms. The summed E-state index contributed by atoms with van der Waals surface area (Å²) >= 11 is 0. The van der Waals surface area contributed by atoms with Gasteiger partial charge in [-0.05, 0) is 25.2 Å². The van der Waals surface area contributed by atoms with Crippen LogP contribution >= 0.6 is 0 Å². The second-order valence-electron chi connectivity index (χ2n) is 5.09. The van der Waals surface area contributed by atoms with Crippen LogP contribution in [0, 0.1) is 5.92 Å². The molecule has 0 radical (unpaired) electrons. The van der Waals surface area contributed by atoms with Gasteiger partial charge in [-0.25, -0.2) is 0 Å². The Morgan fingerprint density at radius 3 is 2.33 bits per heavy atom. The average molecular weight is 258 g/mol. The molecule has 0 fully saturated rings. The molecule has 4 N–H and O–H groups in total. The van der Waals surface area contributed by atoms with Gasteiger partial charge in [0.25, 0.3) is 0 Å². The molecule has 0 spiro atoms. The minimum atomic E-state index is -0.747. The number of amides is 1. The minimum Gasteiger partial charge on any atom is -0.481 e. The molecule has 0 rings (SSSR count). The Bertz CT molecular complexity index is 255. The monoisotopic (exact) mass is 258 g/mol. The molecule has 0 saturated heterocycles. The molecular weight excluding hydrogens is 232 g/mol. The summed E-state index contributed by atoms with van der Waals surface area (Å²) in [7, 11) is 0. The van der Waals surface area contributed by atoms with Crippen LogP contribution in [0.25, 0.3) is 0 Å². The third-order valence-electron chi connectivity index (χ3n) is 2.68. The van der Waals surface area contributed by atoms with Crippen molar-refractivity contribution in [3.05, 3.63) is 0 Å². The van der Waals surface area contributed by atoms with Gasteiger partial charge in [-0.1, -0.05) is 26.7 Å². The van der Waals surface area contributed by atoms with Crippen LogP contribution in [0.2, 0.25) is 0 Å². The fourth-order valence-electron chi connectivity index (χ4n) is 1.71. The Labute approximate surface area is 109 Å². The predicted molar refractivity (Wildman–Crippen MR) is 71.2 cm³/mol. The van der Waals surface area contributed by atoms with Crippen molar-refractivity contribution in [3.63, 3.8) is 0 Å². The van der Waals surface area contributed by atoms with Gasteiger partial charge < -0.3 is 16.2 Å². The second-order valence-corrected chi connectivity index (χ2v) is 5.09. The Hall–Kier alpha value is -1.10. The van der Waals surface area contributed by atoms with Crippen LogP contribution in [0.5, 0.6) is 0 Å². The highest BCUT2D eigenvalue weighted by atomic mass is 16.4. The fourth-order valence-corrected chi connectivity index (χ4v) is 1.71. The normalized spacial score (nSPS) is 12.4. The van der Waals surface area contributed by atoms with E-state index in [1.54, 1.807) is 0 Å². The molecule has 0 aliphatic heterocycles. The number of aliphatic carboxylic acids is 1. The standard InChI is InChI=1S/C13H26N2O3/c1-10(2)9-11(14)13(18)15-8-6-4-3-5-7-12(16)17/h10-11H,3-9,14H2,1-2H3,(H,15,18)(H,16,17). The lowest BCUT2D eigenvalue weighted by Gasteiger charge is -2.13. The molecule has 18 heavy (non-hydrogen) atoms. The summed E-state index contributed by atoms with van der Waals surface area (Å²) < 4.78 is 0. The lowest BCUT2D eigenvalue weighted by Crippen LogP contribution is -2.41. The summed E-state index contributed by atoms with van der Waals surface area (Å²) in [4.78, 5) is 21.8. The van der Waals surface area contributed by atoms with Gasteiger partial charge in [0.1, 0.15) is 0 Å². The predicted octanol–water partition coefficient (Wildman–Crippen LogP) is 1.51. The van der Waals surface area contributed by atoms with Gasteiger partial charge >= 0.3 is 5.97 Å². The first-order valence-electron chi connectivity index (χ1n) is 6.68. The zero-order valence-electron chi connectivity index (χ0n) is 11.4. The zero-order valence-corrected chi connectivity index (χ0v) is 11.4. The van der Waals surface area contributed by atoms with Crippen molar-refractivity contribution in [1.82, 2.24) is 5.32 Å². The first-order valence-corrected chi connectivity index (χ1v) is 6.68. The van der Waals surface area contributed by atoms with Crippen LogP contribution in [-0.4, -0.2) is 29.6 Å². The Morgan fingerprint density at radius 1 is 1.17 bits per heavy atom. The topological polar surface area (TPSA) is 92.4 Å². The van der Waals surface area contributed by atoms with Crippen LogP contribution < -0.4 is 11.1 Å². The smallest absolute Gasteiger partial charge is 0.303 e. The van der Waals surface area contributed by atoms with Crippen molar-refractivity contribution in [2.75, 3.05) is 6.54 Å². The molecule has 0 aliphatic rings. The molecule has 0 saturated carbocycles. The number of carbonyl (C=O) groups is 2. The molecule has 0 aromatic carbocycles. The van der Waals surface area contributed by atoms with E-state index < -0.39 is 12.0 Å². The van der Waals surface area contributed by atoms with Gasteiger partial charge in [0.15, 0.2) is 0 Å². The number of carboxylic acids is 1. The number of hydrogen-bond donors (Lipinski definition) is 3. The minimum absolute atomic E-state index is 0.0887. The van der Waals surface area contributed by atoms with E-state index in [1.165, 1.54) is 0 Å². The van der Waals surface area contributed by atoms with Gasteiger partial charge in [0.2, 0.25) is 5.91 Å². The third-order valence-corrected chi connectivity index (χ3v) is 2.68. The SMILES string of the molecule is CC(C)CC(N)C(=O)NCCCCCCC(=O)O. The summed E-state index contributed by atoms with van der Waals surface area (Å²) in [6, 6.07) is -0.419. The van der Waals surface area contributed by atoms with E-state index in [2.05, 4.69) is 5.32 Å². The molecule has 1 amide bonds. The van der Waals surface area contributed by atoms with Crippen LogP contribution in [0.4, 0.5) is 0 Å². The Kier molecular flexibility index (Phi) is 9.28. The van der Waals surface area contributed by atoms with Crippen LogP contribution in [0.15, 0.2) is 0 Å². The molecule has 0 aromatic rings. The van der Waals surface area contributed by atoms with E-state index in [-0.39, 0.29) is 12.3 Å². The van der Waals surface area contributed by atoms with Gasteiger partial charge in [-0.15, -0.1) is 0 Å². The number of nitrogens with two attached hydrogens (primary N) is 1. The number of hydrogen-bond acceptors (Lipinski definition) is 3. The summed E-state index contributed by atoms with van der Waals surface area (Å²) in [6.45, 7) is 4.70. The van der Waals surface area contributed by atoms with Gasteiger partial charge in [0, 0.05) is 13.0 Å². The zero-order chi connectivity index (χ0) is 14.0.